The Hall–Kier alpha value is -3.01. The van der Waals surface area contributed by atoms with Crippen LogP contribution in [0.2, 0.25) is 0 Å². The summed E-state index contributed by atoms with van der Waals surface area (Å²) < 4.78 is 1.30. The standard InChI is InChI=1S/C15H12N4O3/c1-8-17-11-4-3-9(16-2)7-10(11)15(22)19(8)12-5-6-13(20)18-14(12)21/h3-4,7,12H,5-6H2,1H3,(H,18,20,21). The van der Waals surface area contributed by atoms with Gasteiger partial charge in [-0.1, -0.05) is 6.07 Å². The van der Waals surface area contributed by atoms with Crippen LogP contribution in [0.1, 0.15) is 24.7 Å². The van der Waals surface area contributed by atoms with Crippen LogP contribution >= 0.6 is 0 Å². The monoisotopic (exact) mass is 296 g/mol. The Morgan fingerprint density at radius 1 is 1.36 bits per heavy atom. The summed E-state index contributed by atoms with van der Waals surface area (Å²) in [5.74, 6) is -0.428. The van der Waals surface area contributed by atoms with Crippen molar-refractivity contribution in [2.75, 3.05) is 0 Å². The van der Waals surface area contributed by atoms with E-state index in [9.17, 15) is 14.4 Å². The topological polar surface area (TPSA) is 85.4 Å². The molecular weight excluding hydrogens is 284 g/mol. The smallest absolute Gasteiger partial charge is 0.260 e. The van der Waals surface area contributed by atoms with E-state index < -0.39 is 11.9 Å². The number of aryl methyl sites for hydroxylation is 1. The summed E-state index contributed by atoms with van der Waals surface area (Å²) in [6.07, 6.45) is 0.448. The third-order valence-corrected chi connectivity index (χ3v) is 3.71. The quantitative estimate of drug-likeness (QED) is 0.633. The Labute approximate surface area is 125 Å². The molecule has 1 aromatic heterocycles. The summed E-state index contributed by atoms with van der Waals surface area (Å²) in [4.78, 5) is 43.6. The predicted molar refractivity (Wildman–Crippen MR) is 78.4 cm³/mol. The molecule has 1 fully saturated rings. The summed E-state index contributed by atoms with van der Waals surface area (Å²) in [5, 5.41) is 2.53. The highest BCUT2D eigenvalue weighted by atomic mass is 16.2. The average molecular weight is 296 g/mol. The van der Waals surface area contributed by atoms with E-state index in [-0.39, 0.29) is 24.3 Å². The molecule has 1 unspecified atom stereocenters. The number of benzene rings is 1. The molecular formula is C15H12N4O3. The van der Waals surface area contributed by atoms with E-state index in [1.165, 1.54) is 10.6 Å². The van der Waals surface area contributed by atoms with Gasteiger partial charge in [-0.3, -0.25) is 24.3 Å². The zero-order valence-electron chi connectivity index (χ0n) is 11.8. The number of fused-ring (bicyclic) bond motifs is 1. The number of amides is 2. The van der Waals surface area contributed by atoms with Crippen LogP contribution in [0.5, 0.6) is 0 Å². The molecule has 1 aliphatic heterocycles. The van der Waals surface area contributed by atoms with Crippen LogP contribution in [0.25, 0.3) is 15.7 Å². The van der Waals surface area contributed by atoms with Gasteiger partial charge in [0.05, 0.1) is 17.5 Å². The molecule has 3 rings (SSSR count). The van der Waals surface area contributed by atoms with Gasteiger partial charge in [-0.2, -0.15) is 0 Å². The van der Waals surface area contributed by atoms with Crippen molar-refractivity contribution in [2.24, 2.45) is 0 Å². The summed E-state index contributed by atoms with van der Waals surface area (Å²) in [6, 6.07) is 3.93. The average Bonchev–Trinajstić information content (AvgIpc) is 2.49. The SMILES string of the molecule is [C-]#[N+]c1ccc2nc(C)n(C3CCC(=O)NC3=O)c(=O)c2c1. The highest BCUT2D eigenvalue weighted by Crippen LogP contribution is 2.22. The van der Waals surface area contributed by atoms with Crippen LogP contribution in [-0.2, 0) is 9.59 Å². The van der Waals surface area contributed by atoms with Crippen LogP contribution < -0.4 is 10.9 Å². The number of carbonyl (C=O) groups excluding carboxylic acids is 2. The van der Waals surface area contributed by atoms with Gasteiger partial charge in [-0.05, 0) is 25.5 Å². The van der Waals surface area contributed by atoms with Crippen molar-refractivity contribution in [3.63, 3.8) is 0 Å². The molecule has 0 bridgehead atoms. The number of aromatic nitrogens is 2. The second kappa shape index (κ2) is 5.07. The fraction of sp³-hybridized carbons (Fsp3) is 0.267. The molecule has 2 heterocycles. The fourth-order valence-corrected chi connectivity index (χ4v) is 2.66. The Balaban J connectivity index is 2.22. The van der Waals surface area contributed by atoms with E-state index >= 15 is 0 Å². The number of hydrogen-bond acceptors (Lipinski definition) is 4. The number of imide groups is 1. The Kier molecular flexibility index (Phi) is 3.22. The summed E-state index contributed by atoms with van der Waals surface area (Å²) >= 11 is 0. The van der Waals surface area contributed by atoms with Gasteiger partial charge in [0.2, 0.25) is 11.8 Å². The third-order valence-electron chi connectivity index (χ3n) is 3.71. The highest BCUT2D eigenvalue weighted by Gasteiger charge is 2.30. The first-order chi connectivity index (χ1) is 10.5. The van der Waals surface area contributed by atoms with Crippen molar-refractivity contribution < 1.29 is 9.59 Å². The molecule has 110 valence electrons. The number of piperidine rings is 1. The van der Waals surface area contributed by atoms with Crippen LogP contribution in [0.3, 0.4) is 0 Å². The van der Waals surface area contributed by atoms with E-state index in [2.05, 4.69) is 15.1 Å². The molecule has 22 heavy (non-hydrogen) atoms. The lowest BCUT2D eigenvalue weighted by molar-refractivity contribution is -0.135. The number of nitrogens with zero attached hydrogens (tertiary/aromatic N) is 3. The molecule has 7 nitrogen and oxygen atoms in total. The summed E-state index contributed by atoms with van der Waals surface area (Å²) in [5.41, 5.74) is 0.450. The minimum atomic E-state index is -0.751. The van der Waals surface area contributed by atoms with Crippen LogP contribution in [-0.4, -0.2) is 21.4 Å². The Morgan fingerprint density at radius 3 is 2.82 bits per heavy atom. The van der Waals surface area contributed by atoms with Gasteiger partial charge in [0.1, 0.15) is 11.9 Å². The Bertz CT molecular complexity index is 907. The highest BCUT2D eigenvalue weighted by molar-refractivity contribution is 5.99. The Morgan fingerprint density at radius 2 is 2.14 bits per heavy atom. The first kappa shape index (κ1) is 13.9. The second-order valence-electron chi connectivity index (χ2n) is 5.11. The van der Waals surface area contributed by atoms with E-state index in [1.54, 1.807) is 19.1 Å². The molecule has 7 heteroatoms. The maximum absolute atomic E-state index is 12.7. The molecule has 2 amide bonds. The van der Waals surface area contributed by atoms with Crippen molar-refractivity contribution in [3.8, 4) is 0 Å². The lowest BCUT2D eigenvalue weighted by Crippen LogP contribution is -2.45. The minimum Gasteiger partial charge on any atom is -0.295 e. The van der Waals surface area contributed by atoms with E-state index in [0.29, 0.717) is 22.4 Å². The van der Waals surface area contributed by atoms with Crippen LogP contribution in [0.4, 0.5) is 5.69 Å². The van der Waals surface area contributed by atoms with Gasteiger partial charge in [0.25, 0.3) is 5.56 Å². The van der Waals surface area contributed by atoms with Gasteiger partial charge < -0.3 is 0 Å². The van der Waals surface area contributed by atoms with Crippen LogP contribution in [0, 0.1) is 13.5 Å². The zero-order valence-corrected chi connectivity index (χ0v) is 11.8. The van der Waals surface area contributed by atoms with Crippen molar-refractivity contribution in [1.82, 2.24) is 14.9 Å². The molecule has 0 radical (unpaired) electrons. The lowest BCUT2D eigenvalue weighted by Gasteiger charge is -2.24. The zero-order chi connectivity index (χ0) is 15.9. The van der Waals surface area contributed by atoms with Gasteiger partial charge in [-0.15, -0.1) is 0 Å². The van der Waals surface area contributed by atoms with Gasteiger partial charge in [0.15, 0.2) is 5.69 Å². The van der Waals surface area contributed by atoms with Crippen LogP contribution in [0.15, 0.2) is 23.0 Å². The number of nitrogens with one attached hydrogen (secondary N) is 1. The van der Waals surface area contributed by atoms with Crippen molar-refractivity contribution >= 4 is 28.4 Å². The first-order valence-electron chi connectivity index (χ1n) is 6.75. The van der Waals surface area contributed by atoms with E-state index in [0.717, 1.165) is 0 Å². The molecule has 0 spiro atoms. The number of hydrogen-bond donors (Lipinski definition) is 1. The molecule has 1 saturated heterocycles. The minimum absolute atomic E-state index is 0.183. The number of carbonyl (C=O) groups is 2. The summed E-state index contributed by atoms with van der Waals surface area (Å²) in [7, 11) is 0. The van der Waals surface area contributed by atoms with Gasteiger partial charge in [0, 0.05) is 6.42 Å². The maximum atomic E-state index is 12.7. The van der Waals surface area contributed by atoms with Gasteiger partial charge in [-0.25, -0.2) is 9.83 Å². The van der Waals surface area contributed by atoms with Crippen molar-refractivity contribution in [3.05, 3.63) is 45.8 Å². The molecule has 2 aromatic rings. The molecule has 1 atom stereocenters. The van der Waals surface area contributed by atoms with Gasteiger partial charge >= 0.3 is 0 Å². The normalized spacial score (nSPS) is 18.1. The predicted octanol–water partition coefficient (Wildman–Crippen LogP) is 1.23. The fourth-order valence-electron chi connectivity index (χ4n) is 2.66. The second-order valence-corrected chi connectivity index (χ2v) is 5.11. The van der Waals surface area contributed by atoms with Crippen molar-refractivity contribution in [1.29, 1.82) is 0 Å². The first-order valence-corrected chi connectivity index (χ1v) is 6.75. The third kappa shape index (κ3) is 2.15. The molecule has 0 saturated carbocycles. The molecule has 1 aromatic carbocycles. The largest absolute Gasteiger partial charge is 0.295 e. The molecule has 0 aliphatic carbocycles. The molecule has 1 N–H and O–H groups in total. The molecule has 1 aliphatic rings. The van der Waals surface area contributed by atoms with Crippen molar-refractivity contribution in [2.45, 2.75) is 25.8 Å². The van der Waals surface area contributed by atoms with E-state index in [1.807, 2.05) is 0 Å². The number of rotatable bonds is 1. The lowest BCUT2D eigenvalue weighted by atomic mass is 10.1. The maximum Gasteiger partial charge on any atom is 0.260 e. The van der Waals surface area contributed by atoms with E-state index in [4.69, 9.17) is 6.57 Å². The summed E-state index contributed by atoms with van der Waals surface area (Å²) in [6.45, 7) is 8.68.